The zero-order valence-corrected chi connectivity index (χ0v) is 13.0. The highest BCUT2D eigenvalue weighted by atomic mass is 32.2. The third kappa shape index (κ3) is 4.86. The molecule has 1 rings (SSSR count). The van der Waals surface area contributed by atoms with E-state index in [2.05, 4.69) is 24.0 Å². The first-order valence-electron chi connectivity index (χ1n) is 6.56. The smallest absolute Gasteiger partial charge is 0.318 e. The first-order valence-corrected chi connectivity index (χ1v) is 7.61. The molecule has 0 spiro atoms. The van der Waals surface area contributed by atoms with Crippen LogP contribution in [0.15, 0.2) is 4.52 Å². The van der Waals surface area contributed by atoms with Gasteiger partial charge < -0.3 is 9.26 Å². The van der Waals surface area contributed by atoms with Crippen molar-refractivity contribution >= 4 is 17.7 Å². The molecule has 1 unspecified atom stereocenters. The van der Waals surface area contributed by atoms with Crippen LogP contribution in [0.5, 0.6) is 0 Å². The summed E-state index contributed by atoms with van der Waals surface area (Å²) < 4.78 is 10.3. The Kier molecular flexibility index (Phi) is 6.34. The fourth-order valence-electron chi connectivity index (χ4n) is 1.58. The summed E-state index contributed by atoms with van der Waals surface area (Å²) in [5, 5.41) is 4.43. The van der Waals surface area contributed by atoms with Crippen molar-refractivity contribution in [1.29, 1.82) is 0 Å². The van der Waals surface area contributed by atoms with E-state index in [4.69, 9.17) is 9.26 Å². The van der Waals surface area contributed by atoms with Crippen LogP contribution in [0.3, 0.4) is 0 Å². The molecule has 1 atom stereocenters. The van der Waals surface area contributed by atoms with Gasteiger partial charge in [-0.15, -0.1) is 0 Å². The quantitative estimate of drug-likeness (QED) is 0.718. The molecule has 0 aliphatic carbocycles. The van der Waals surface area contributed by atoms with E-state index >= 15 is 0 Å². The van der Waals surface area contributed by atoms with Crippen LogP contribution < -0.4 is 0 Å². The van der Waals surface area contributed by atoms with Gasteiger partial charge in [0.15, 0.2) is 5.82 Å². The molecule has 0 saturated carbocycles. The molecule has 19 heavy (non-hydrogen) atoms. The number of rotatable bonds is 7. The van der Waals surface area contributed by atoms with Crippen molar-refractivity contribution in [1.82, 2.24) is 10.1 Å². The largest absolute Gasteiger partial charge is 0.465 e. The molecule has 0 amide bonds. The number of aromatic nitrogens is 2. The van der Waals surface area contributed by atoms with Crippen molar-refractivity contribution in [3.63, 3.8) is 0 Å². The fraction of sp³-hybridized carbons (Fsp3) is 0.769. The van der Waals surface area contributed by atoms with Crippen molar-refractivity contribution in [3.05, 3.63) is 11.7 Å². The topological polar surface area (TPSA) is 65.2 Å². The summed E-state index contributed by atoms with van der Waals surface area (Å²) in [5.74, 6) is 0.949. The van der Waals surface area contributed by atoms with Crippen LogP contribution in [0.2, 0.25) is 0 Å². The normalized spacial score (nSPS) is 13.0. The molecule has 0 aromatic carbocycles. The maximum Gasteiger partial charge on any atom is 0.318 e. The summed E-state index contributed by atoms with van der Waals surface area (Å²) in [5.41, 5.74) is 0. The number of thioether (sulfide) groups is 1. The number of hydrogen-bond acceptors (Lipinski definition) is 6. The van der Waals surface area contributed by atoms with Crippen LogP contribution >= 0.6 is 11.8 Å². The molecular formula is C13H22N2O3S. The zero-order valence-electron chi connectivity index (χ0n) is 12.2. The molecule has 0 saturated heterocycles. The Bertz CT molecular complexity index is 404. The Hall–Kier alpha value is -1.04. The molecule has 6 heteroatoms. The summed E-state index contributed by atoms with van der Waals surface area (Å²) in [7, 11) is 0. The van der Waals surface area contributed by atoms with Gasteiger partial charge in [0.2, 0.25) is 5.89 Å². The lowest BCUT2D eigenvalue weighted by Gasteiger charge is -2.14. The number of esters is 1. The van der Waals surface area contributed by atoms with Gasteiger partial charge in [-0.3, -0.25) is 4.79 Å². The second-order valence-corrected chi connectivity index (χ2v) is 6.45. The maximum absolute atomic E-state index is 11.9. The van der Waals surface area contributed by atoms with Gasteiger partial charge in [-0.25, -0.2) is 0 Å². The van der Waals surface area contributed by atoms with Crippen molar-refractivity contribution in [2.24, 2.45) is 5.92 Å². The lowest BCUT2D eigenvalue weighted by Crippen LogP contribution is -2.21. The molecule has 5 nitrogen and oxygen atoms in total. The Morgan fingerprint density at radius 3 is 2.58 bits per heavy atom. The molecule has 1 heterocycles. The lowest BCUT2D eigenvalue weighted by molar-refractivity contribution is -0.146. The van der Waals surface area contributed by atoms with E-state index in [9.17, 15) is 4.79 Å². The SMILES string of the molecule is CCOC(=O)C(c1nc(CSC(C)C)no1)C(C)C. The second kappa shape index (κ2) is 7.53. The molecule has 0 fully saturated rings. The molecular weight excluding hydrogens is 264 g/mol. The highest BCUT2D eigenvalue weighted by molar-refractivity contribution is 7.99. The van der Waals surface area contributed by atoms with Gasteiger partial charge in [-0.1, -0.05) is 32.9 Å². The molecule has 1 aromatic rings. The predicted molar refractivity (Wildman–Crippen MR) is 74.9 cm³/mol. The van der Waals surface area contributed by atoms with Gasteiger partial charge in [0, 0.05) is 0 Å². The van der Waals surface area contributed by atoms with Crippen LogP contribution in [-0.2, 0) is 15.3 Å². The van der Waals surface area contributed by atoms with Crippen LogP contribution in [-0.4, -0.2) is 28.0 Å². The third-order valence-corrected chi connectivity index (χ3v) is 3.59. The molecule has 0 aliphatic rings. The molecule has 108 valence electrons. The molecule has 0 radical (unpaired) electrons. The van der Waals surface area contributed by atoms with Crippen molar-refractivity contribution in [2.45, 2.75) is 51.5 Å². The van der Waals surface area contributed by atoms with Gasteiger partial charge in [0.25, 0.3) is 0 Å². The highest BCUT2D eigenvalue weighted by Crippen LogP contribution is 2.25. The average molecular weight is 286 g/mol. The zero-order chi connectivity index (χ0) is 14.4. The summed E-state index contributed by atoms with van der Waals surface area (Å²) in [6.45, 7) is 10.2. The maximum atomic E-state index is 11.9. The van der Waals surface area contributed by atoms with E-state index < -0.39 is 5.92 Å². The van der Waals surface area contributed by atoms with Gasteiger partial charge in [0.1, 0.15) is 5.92 Å². The van der Waals surface area contributed by atoms with Crippen molar-refractivity contribution in [2.75, 3.05) is 6.61 Å². The van der Waals surface area contributed by atoms with Crippen LogP contribution in [0.25, 0.3) is 0 Å². The number of nitrogens with zero attached hydrogens (tertiary/aromatic N) is 2. The first-order chi connectivity index (χ1) is 8.95. The number of carbonyl (C=O) groups is 1. The minimum atomic E-state index is -0.481. The minimum absolute atomic E-state index is 0.0603. The summed E-state index contributed by atoms with van der Waals surface area (Å²) in [6, 6.07) is 0. The van der Waals surface area contributed by atoms with Crippen molar-refractivity contribution < 1.29 is 14.1 Å². The van der Waals surface area contributed by atoms with Gasteiger partial charge in [-0.05, 0) is 18.1 Å². The Labute approximate surface area is 118 Å². The average Bonchev–Trinajstić information content (AvgIpc) is 2.75. The van der Waals surface area contributed by atoms with Crippen LogP contribution in [0, 0.1) is 5.92 Å². The van der Waals surface area contributed by atoms with E-state index in [1.807, 2.05) is 13.8 Å². The molecule has 0 aliphatic heterocycles. The van der Waals surface area contributed by atoms with E-state index in [1.54, 1.807) is 18.7 Å². The standard InChI is InChI=1S/C13H22N2O3S/c1-6-17-13(16)11(8(2)3)12-14-10(15-18-12)7-19-9(4)5/h8-9,11H,6-7H2,1-5H3. The van der Waals surface area contributed by atoms with E-state index in [0.29, 0.717) is 29.3 Å². The Morgan fingerprint density at radius 1 is 1.37 bits per heavy atom. The minimum Gasteiger partial charge on any atom is -0.465 e. The van der Waals surface area contributed by atoms with Crippen molar-refractivity contribution in [3.8, 4) is 0 Å². The fourth-order valence-corrected chi connectivity index (χ4v) is 2.18. The number of hydrogen-bond donors (Lipinski definition) is 0. The van der Waals surface area contributed by atoms with E-state index in [-0.39, 0.29) is 11.9 Å². The number of carbonyl (C=O) groups excluding carboxylic acids is 1. The molecule has 0 N–H and O–H groups in total. The molecule has 1 aromatic heterocycles. The Balaban J connectivity index is 2.77. The van der Waals surface area contributed by atoms with Gasteiger partial charge >= 0.3 is 5.97 Å². The monoisotopic (exact) mass is 286 g/mol. The summed E-state index contributed by atoms with van der Waals surface area (Å²) >= 11 is 1.74. The highest BCUT2D eigenvalue weighted by Gasteiger charge is 2.31. The predicted octanol–water partition coefficient (Wildman–Crippen LogP) is 3.01. The van der Waals surface area contributed by atoms with Gasteiger partial charge in [-0.2, -0.15) is 16.7 Å². The molecule has 0 bridgehead atoms. The Morgan fingerprint density at radius 2 is 2.05 bits per heavy atom. The lowest BCUT2D eigenvalue weighted by atomic mass is 9.96. The van der Waals surface area contributed by atoms with Crippen LogP contribution in [0.4, 0.5) is 0 Å². The first kappa shape index (κ1) is 16.0. The van der Waals surface area contributed by atoms with Crippen LogP contribution in [0.1, 0.15) is 52.3 Å². The number of ether oxygens (including phenoxy) is 1. The summed E-state index contributed by atoms with van der Waals surface area (Å²) in [4.78, 5) is 16.2. The van der Waals surface area contributed by atoms with E-state index in [0.717, 1.165) is 0 Å². The second-order valence-electron chi connectivity index (χ2n) is 4.88. The third-order valence-electron chi connectivity index (χ3n) is 2.50. The van der Waals surface area contributed by atoms with E-state index in [1.165, 1.54) is 0 Å². The van der Waals surface area contributed by atoms with Gasteiger partial charge in [0.05, 0.1) is 12.4 Å². The summed E-state index contributed by atoms with van der Waals surface area (Å²) in [6.07, 6.45) is 0.